The summed E-state index contributed by atoms with van der Waals surface area (Å²) in [7, 11) is 0. The fourth-order valence-electron chi connectivity index (χ4n) is 2.52. The van der Waals surface area contributed by atoms with E-state index in [1.165, 1.54) is 0 Å². The van der Waals surface area contributed by atoms with Crippen LogP contribution in [0.1, 0.15) is 23.2 Å². The molecule has 130 valence electrons. The Labute approximate surface area is 145 Å². The van der Waals surface area contributed by atoms with Gasteiger partial charge in [-0.15, -0.1) is 0 Å². The van der Waals surface area contributed by atoms with E-state index in [1.54, 1.807) is 34.1 Å². The molecule has 0 aliphatic carbocycles. The van der Waals surface area contributed by atoms with Gasteiger partial charge in [0.1, 0.15) is 0 Å². The number of hydrogen-bond acceptors (Lipinski definition) is 3. The van der Waals surface area contributed by atoms with E-state index >= 15 is 0 Å². The largest absolute Gasteiger partial charge is 0.481 e. The molecule has 1 aromatic rings. The molecule has 1 heterocycles. The first kappa shape index (κ1) is 18.1. The van der Waals surface area contributed by atoms with Crippen LogP contribution in [0.5, 0.6) is 0 Å². The monoisotopic (exact) mass is 353 g/mol. The number of nitrogens with zero attached hydrogens (tertiary/aromatic N) is 2. The first-order chi connectivity index (χ1) is 11.5. The molecular weight excluding hydrogens is 334 g/mol. The Morgan fingerprint density at radius 2 is 1.83 bits per heavy atom. The van der Waals surface area contributed by atoms with Crippen molar-refractivity contribution >= 4 is 29.5 Å². The summed E-state index contributed by atoms with van der Waals surface area (Å²) in [5, 5.41) is 11.7. The van der Waals surface area contributed by atoms with E-state index in [9.17, 15) is 14.4 Å². The molecule has 1 aliphatic rings. The predicted octanol–water partition coefficient (Wildman–Crippen LogP) is 1.67. The fourth-order valence-corrected chi connectivity index (χ4v) is 2.71. The van der Waals surface area contributed by atoms with E-state index in [-0.39, 0.29) is 24.9 Å². The van der Waals surface area contributed by atoms with Gasteiger partial charge in [-0.1, -0.05) is 17.7 Å². The molecule has 0 atom stereocenters. The van der Waals surface area contributed by atoms with Crippen LogP contribution in [0.25, 0.3) is 0 Å². The van der Waals surface area contributed by atoms with Gasteiger partial charge in [0.15, 0.2) is 0 Å². The predicted molar refractivity (Wildman–Crippen MR) is 89.2 cm³/mol. The van der Waals surface area contributed by atoms with Crippen molar-refractivity contribution in [1.29, 1.82) is 0 Å². The van der Waals surface area contributed by atoms with Gasteiger partial charge in [-0.2, -0.15) is 0 Å². The average Bonchev–Trinajstić information content (AvgIpc) is 2.80. The summed E-state index contributed by atoms with van der Waals surface area (Å²) < 4.78 is 0. The summed E-state index contributed by atoms with van der Waals surface area (Å²) in [5.74, 6) is -1.06. The Balaban J connectivity index is 1.89. The minimum absolute atomic E-state index is 0.0931. The Morgan fingerprint density at radius 1 is 1.12 bits per heavy atom. The number of rotatable bonds is 4. The number of halogens is 1. The van der Waals surface area contributed by atoms with Crippen molar-refractivity contribution in [2.45, 2.75) is 12.8 Å². The van der Waals surface area contributed by atoms with Crippen LogP contribution < -0.4 is 5.32 Å². The van der Waals surface area contributed by atoms with Crippen molar-refractivity contribution in [3.05, 3.63) is 34.9 Å². The normalized spacial score (nSPS) is 14.9. The molecule has 0 spiro atoms. The molecule has 3 amide bonds. The lowest BCUT2D eigenvalue weighted by molar-refractivity contribution is -0.136. The first-order valence-electron chi connectivity index (χ1n) is 7.77. The number of benzene rings is 1. The smallest absolute Gasteiger partial charge is 0.317 e. The maximum atomic E-state index is 12.5. The minimum atomic E-state index is -0.954. The number of carbonyl (C=O) groups is 3. The van der Waals surface area contributed by atoms with Crippen LogP contribution in [0, 0.1) is 0 Å². The number of hydrogen-bond donors (Lipinski definition) is 2. The Kier molecular flexibility index (Phi) is 6.43. The third kappa shape index (κ3) is 5.13. The zero-order valence-corrected chi connectivity index (χ0v) is 14.0. The summed E-state index contributed by atoms with van der Waals surface area (Å²) >= 11 is 5.92. The second-order valence-electron chi connectivity index (χ2n) is 5.52. The van der Waals surface area contributed by atoms with Crippen molar-refractivity contribution in [1.82, 2.24) is 15.1 Å². The van der Waals surface area contributed by atoms with E-state index in [2.05, 4.69) is 5.32 Å². The van der Waals surface area contributed by atoms with E-state index in [0.29, 0.717) is 43.2 Å². The van der Waals surface area contributed by atoms with Crippen LogP contribution >= 0.6 is 11.6 Å². The number of aliphatic carboxylic acids is 1. The summed E-state index contributed by atoms with van der Waals surface area (Å²) in [6.07, 6.45) is 0.553. The van der Waals surface area contributed by atoms with E-state index in [1.807, 2.05) is 0 Å². The fraction of sp³-hybridized carbons (Fsp3) is 0.438. The van der Waals surface area contributed by atoms with Gasteiger partial charge in [0.2, 0.25) is 0 Å². The van der Waals surface area contributed by atoms with Crippen LogP contribution in [0.4, 0.5) is 4.79 Å². The Bertz CT molecular complexity index is 623. The second kappa shape index (κ2) is 8.54. The highest BCUT2D eigenvalue weighted by molar-refractivity contribution is 6.30. The maximum absolute atomic E-state index is 12.5. The first-order valence-corrected chi connectivity index (χ1v) is 8.14. The van der Waals surface area contributed by atoms with Crippen molar-refractivity contribution in [3.63, 3.8) is 0 Å². The zero-order chi connectivity index (χ0) is 17.5. The summed E-state index contributed by atoms with van der Waals surface area (Å²) in [6, 6.07) is 6.49. The molecule has 0 radical (unpaired) electrons. The van der Waals surface area contributed by atoms with E-state index in [0.717, 1.165) is 0 Å². The van der Waals surface area contributed by atoms with E-state index in [4.69, 9.17) is 16.7 Å². The second-order valence-corrected chi connectivity index (χ2v) is 5.96. The molecule has 1 fully saturated rings. The lowest BCUT2D eigenvalue weighted by Crippen LogP contribution is -2.43. The average molecular weight is 354 g/mol. The number of nitrogens with one attached hydrogen (secondary N) is 1. The third-order valence-electron chi connectivity index (χ3n) is 3.76. The quantitative estimate of drug-likeness (QED) is 0.861. The van der Waals surface area contributed by atoms with Gasteiger partial charge in [-0.3, -0.25) is 9.59 Å². The molecule has 7 nitrogen and oxygen atoms in total. The molecule has 1 aliphatic heterocycles. The number of urea groups is 1. The molecule has 2 N–H and O–H groups in total. The van der Waals surface area contributed by atoms with Crippen LogP contribution in [0.3, 0.4) is 0 Å². The maximum Gasteiger partial charge on any atom is 0.317 e. The molecule has 1 aromatic carbocycles. The van der Waals surface area contributed by atoms with Gasteiger partial charge in [-0.05, 0) is 24.6 Å². The number of carboxylic acids is 1. The Hall–Kier alpha value is -2.28. The van der Waals surface area contributed by atoms with Crippen LogP contribution in [-0.4, -0.2) is 65.5 Å². The van der Waals surface area contributed by atoms with Crippen LogP contribution in [-0.2, 0) is 4.79 Å². The molecule has 0 saturated carbocycles. The number of carboxylic acid groups (broad SMARTS) is 1. The molecule has 0 aromatic heterocycles. The molecular formula is C16H20ClN3O4. The van der Waals surface area contributed by atoms with Crippen molar-refractivity contribution in [2.24, 2.45) is 0 Å². The van der Waals surface area contributed by atoms with Crippen LogP contribution in [0.2, 0.25) is 5.02 Å². The highest BCUT2D eigenvalue weighted by atomic mass is 35.5. The standard InChI is InChI=1S/C16H20ClN3O4/c17-13-4-1-3-12(11-13)15(23)19-7-2-8-20(10-9-19)16(24)18-6-5-14(21)22/h1,3-4,11H,2,5-10H2,(H,18,24)(H,21,22). The number of carbonyl (C=O) groups excluding carboxylic acids is 2. The van der Waals surface area contributed by atoms with Gasteiger partial charge in [0, 0.05) is 43.3 Å². The van der Waals surface area contributed by atoms with Crippen molar-refractivity contribution in [3.8, 4) is 0 Å². The SMILES string of the molecule is O=C(O)CCNC(=O)N1CCCN(C(=O)c2cccc(Cl)c2)CC1. The summed E-state index contributed by atoms with van der Waals surface area (Å²) in [4.78, 5) is 38.3. The highest BCUT2D eigenvalue weighted by Gasteiger charge is 2.22. The molecule has 8 heteroatoms. The van der Waals surface area contributed by atoms with Crippen molar-refractivity contribution < 1.29 is 19.5 Å². The number of amides is 3. The molecule has 1 saturated heterocycles. The third-order valence-corrected chi connectivity index (χ3v) is 3.99. The molecule has 24 heavy (non-hydrogen) atoms. The van der Waals surface area contributed by atoms with Crippen LogP contribution in [0.15, 0.2) is 24.3 Å². The molecule has 2 rings (SSSR count). The van der Waals surface area contributed by atoms with Gasteiger partial charge in [0.25, 0.3) is 5.91 Å². The van der Waals surface area contributed by atoms with Gasteiger partial charge in [0.05, 0.1) is 6.42 Å². The minimum Gasteiger partial charge on any atom is -0.481 e. The lowest BCUT2D eigenvalue weighted by atomic mass is 10.2. The lowest BCUT2D eigenvalue weighted by Gasteiger charge is -2.22. The van der Waals surface area contributed by atoms with E-state index < -0.39 is 5.97 Å². The van der Waals surface area contributed by atoms with Gasteiger partial charge in [-0.25, -0.2) is 4.79 Å². The topological polar surface area (TPSA) is 89.9 Å². The summed E-state index contributed by atoms with van der Waals surface area (Å²) in [5.41, 5.74) is 0.529. The van der Waals surface area contributed by atoms with Gasteiger partial charge < -0.3 is 20.2 Å². The highest BCUT2D eigenvalue weighted by Crippen LogP contribution is 2.14. The molecule has 0 bridgehead atoms. The summed E-state index contributed by atoms with van der Waals surface area (Å²) in [6.45, 7) is 2.02. The zero-order valence-electron chi connectivity index (χ0n) is 13.2. The molecule has 0 unspecified atom stereocenters. The Morgan fingerprint density at radius 3 is 2.54 bits per heavy atom. The van der Waals surface area contributed by atoms with Crippen molar-refractivity contribution in [2.75, 3.05) is 32.7 Å². The van der Waals surface area contributed by atoms with Gasteiger partial charge >= 0.3 is 12.0 Å².